The molecule has 1 heterocycles. The zero-order valence-corrected chi connectivity index (χ0v) is 13.4. The molecule has 1 fully saturated rings. The fraction of sp³-hybridized carbons (Fsp3) is 0.867. The van der Waals surface area contributed by atoms with E-state index in [1.54, 1.807) is 13.8 Å². The van der Waals surface area contributed by atoms with Gasteiger partial charge in [0.1, 0.15) is 0 Å². The van der Waals surface area contributed by atoms with Crippen molar-refractivity contribution in [1.82, 2.24) is 4.90 Å². The minimum atomic E-state index is -1.19. The molecule has 0 atom stereocenters. The van der Waals surface area contributed by atoms with E-state index in [0.717, 1.165) is 13.1 Å². The smallest absolute Gasteiger partial charge is 0.323 e. The summed E-state index contributed by atoms with van der Waals surface area (Å²) in [6.45, 7) is 9.53. The van der Waals surface area contributed by atoms with Crippen LogP contribution in [0.3, 0.4) is 0 Å². The topological polar surface area (TPSA) is 65.1 Å². The predicted molar refractivity (Wildman–Crippen MR) is 77.9 cm³/mol. The normalized spacial score (nSPS) is 16.5. The number of ether oxygens (including phenoxy) is 3. The zero-order valence-electron chi connectivity index (χ0n) is 13.4. The Kier molecular flexibility index (Phi) is 7.67. The molecule has 1 aliphatic rings. The first-order chi connectivity index (χ1) is 10.1. The summed E-state index contributed by atoms with van der Waals surface area (Å²) in [4.78, 5) is 26.8. The van der Waals surface area contributed by atoms with Gasteiger partial charge in [-0.15, -0.1) is 0 Å². The molecule has 0 aromatic carbocycles. The SMILES string of the molecule is CCOC(=O)C(CC)(CCN1CCOCC1)C(=O)OCC. The highest BCUT2D eigenvalue weighted by Crippen LogP contribution is 2.31. The van der Waals surface area contributed by atoms with Gasteiger partial charge in [0.15, 0.2) is 5.41 Å². The zero-order chi connectivity index (χ0) is 15.7. The van der Waals surface area contributed by atoms with E-state index in [-0.39, 0.29) is 13.2 Å². The van der Waals surface area contributed by atoms with Crippen LogP contribution >= 0.6 is 0 Å². The van der Waals surface area contributed by atoms with E-state index < -0.39 is 17.4 Å². The van der Waals surface area contributed by atoms with Crippen molar-refractivity contribution >= 4 is 11.9 Å². The maximum atomic E-state index is 12.3. The van der Waals surface area contributed by atoms with Gasteiger partial charge in [-0.1, -0.05) is 6.92 Å². The van der Waals surface area contributed by atoms with Crippen LogP contribution in [-0.4, -0.2) is 62.9 Å². The number of hydrogen-bond donors (Lipinski definition) is 0. The van der Waals surface area contributed by atoms with Crippen LogP contribution in [0.15, 0.2) is 0 Å². The van der Waals surface area contributed by atoms with Crippen molar-refractivity contribution in [1.29, 1.82) is 0 Å². The van der Waals surface area contributed by atoms with Crippen molar-refractivity contribution in [3.63, 3.8) is 0 Å². The summed E-state index contributed by atoms with van der Waals surface area (Å²) >= 11 is 0. The number of rotatable bonds is 8. The molecule has 0 N–H and O–H groups in total. The molecule has 21 heavy (non-hydrogen) atoms. The Hall–Kier alpha value is -1.14. The lowest BCUT2D eigenvalue weighted by Crippen LogP contribution is -2.46. The molecular weight excluding hydrogens is 274 g/mol. The number of nitrogens with zero attached hydrogens (tertiary/aromatic N) is 1. The van der Waals surface area contributed by atoms with Gasteiger partial charge in [0.05, 0.1) is 26.4 Å². The van der Waals surface area contributed by atoms with Gasteiger partial charge in [0.25, 0.3) is 0 Å². The van der Waals surface area contributed by atoms with E-state index in [1.165, 1.54) is 0 Å². The summed E-state index contributed by atoms with van der Waals surface area (Å²) in [6, 6.07) is 0. The van der Waals surface area contributed by atoms with Crippen molar-refractivity contribution in [2.75, 3.05) is 46.1 Å². The molecule has 0 aromatic heterocycles. The van der Waals surface area contributed by atoms with E-state index in [9.17, 15) is 9.59 Å². The van der Waals surface area contributed by atoms with Crippen LogP contribution < -0.4 is 0 Å². The maximum absolute atomic E-state index is 12.3. The quantitative estimate of drug-likeness (QED) is 0.496. The summed E-state index contributed by atoms with van der Waals surface area (Å²) in [5.74, 6) is -0.946. The first-order valence-electron chi connectivity index (χ1n) is 7.75. The Bertz CT molecular complexity index is 321. The Morgan fingerprint density at radius 2 is 1.57 bits per heavy atom. The molecule has 0 unspecified atom stereocenters. The van der Waals surface area contributed by atoms with Crippen LogP contribution in [0.4, 0.5) is 0 Å². The number of morpholine rings is 1. The lowest BCUT2D eigenvalue weighted by atomic mass is 9.81. The van der Waals surface area contributed by atoms with Crippen molar-refractivity contribution < 1.29 is 23.8 Å². The summed E-state index contributed by atoms with van der Waals surface area (Å²) < 4.78 is 15.6. The maximum Gasteiger partial charge on any atom is 0.323 e. The second kappa shape index (κ2) is 9.00. The van der Waals surface area contributed by atoms with Crippen LogP contribution in [0.2, 0.25) is 0 Å². The van der Waals surface area contributed by atoms with Crippen molar-refractivity contribution in [2.45, 2.75) is 33.6 Å². The third-order valence-corrected chi connectivity index (χ3v) is 3.89. The average molecular weight is 301 g/mol. The van der Waals surface area contributed by atoms with Gasteiger partial charge < -0.3 is 14.2 Å². The highest BCUT2D eigenvalue weighted by molar-refractivity contribution is 6.00. The van der Waals surface area contributed by atoms with Crippen molar-refractivity contribution in [3.8, 4) is 0 Å². The number of carbonyl (C=O) groups excluding carboxylic acids is 2. The number of hydrogen-bond acceptors (Lipinski definition) is 6. The number of esters is 2. The van der Waals surface area contributed by atoms with Crippen molar-refractivity contribution in [2.24, 2.45) is 5.41 Å². The summed E-state index contributed by atoms with van der Waals surface area (Å²) in [5, 5.41) is 0. The monoisotopic (exact) mass is 301 g/mol. The first kappa shape index (κ1) is 17.9. The highest BCUT2D eigenvalue weighted by atomic mass is 16.6. The summed E-state index contributed by atoms with van der Waals surface area (Å²) in [6.07, 6.45) is 0.802. The van der Waals surface area contributed by atoms with Gasteiger partial charge in [-0.25, -0.2) is 0 Å². The van der Waals surface area contributed by atoms with Crippen LogP contribution in [-0.2, 0) is 23.8 Å². The molecule has 0 saturated carbocycles. The lowest BCUT2D eigenvalue weighted by molar-refractivity contribution is -0.173. The van der Waals surface area contributed by atoms with Crippen molar-refractivity contribution in [3.05, 3.63) is 0 Å². The van der Waals surface area contributed by atoms with Crippen LogP contribution in [0.5, 0.6) is 0 Å². The molecule has 0 spiro atoms. The predicted octanol–water partition coefficient (Wildman–Crippen LogP) is 1.23. The molecule has 6 nitrogen and oxygen atoms in total. The fourth-order valence-electron chi connectivity index (χ4n) is 2.47. The highest BCUT2D eigenvalue weighted by Gasteiger charge is 2.47. The Labute approximate surface area is 126 Å². The van der Waals surface area contributed by atoms with Gasteiger partial charge in [-0.05, 0) is 33.2 Å². The molecule has 1 saturated heterocycles. The van der Waals surface area contributed by atoms with Gasteiger partial charge in [-0.3, -0.25) is 14.5 Å². The third-order valence-electron chi connectivity index (χ3n) is 3.89. The molecule has 122 valence electrons. The van der Waals surface area contributed by atoms with Gasteiger partial charge in [-0.2, -0.15) is 0 Å². The summed E-state index contributed by atoms with van der Waals surface area (Å²) in [5.41, 5.74) is -1.19. The minimum absolute atomic E-state index is 0.261. The Balaban J connectivity index is 2.77. The molecule has 0 aromatic rings. The van der Waals surface area contributed by atoms with Crippen LogP contribution in [0.25, 0.3) is 0 Å². The number of carbonyl (C=O) groups is 2. The van der Waals surface area contributed by atoms with Gasteiger partial charge in [0.2, 0.25) is 0 Å². The third kappa shape index (κ3) is 4.68. The summed E-state index contributed by atoms with van der Waals surface area (Å²) in [7, 11) is 0. The molecule has 0 bridgehead atoms. The Morgan fingerprint density at radius 3 is 2.00 bits per heavy atom. The Morgan fingerprint density at radius 1 is 1.05 bits per heavy atom. The molecule has 0 radical (unpaired) electrons. The van der Waals surface area contributed by atoms with Crippen LogP contribution in [0, 0.1) is 5.41 Å². The average Bonchev–Trinajstić information content (AvgIpc) is 2.50. The van der Waals surface area contributed by atoms with E-state index in [4.69, 9.17) is 14.2 Å². The molecule has 6 heteroatoms. The largest absolute Gasteiger partial charge is 0.465 e. The second-order valence-corrected chi connectivity index (χ2v) is 5.08. The van der Waals surface area contributed by atoms with E-state index >= 15 is 0 Å². The molecule has 1 rings (SSSR count). The van der Waals surface area contributed by atoms with E-state index in [1.807, 2.05) is 6.92 Å². The van der Waals surface area contributed by atoms with Gasteiger partial charge in [0, 0.05) is 13.1 Å². The van der Waals surface area contributed by atoms with Gasteiger partial charge >= 0.3 is 11.9 Å². The van der Waals surface area contributed by atoms with E-state index in [0.29, 0.717) is 32.6 Å². The minimum Gasteiger partial charge on any atom is -0.465 e. The standard InChI is InChI=1S/C15H27NO5/c1-4-15(13(17)20-5-2,14(18)21-6-3)7-8-16-9-11-19-12-10-16/h4-12H2,1-3H3. The molecule has 0 aliphatic carbocycles. The molecule has 1 aliphatic heterocycles. The lowest BCUT2D eigenvalue weighted by Gasteiger charge is -2.32. The molecule has 0 amide bonds. The molecular formula is C15H27NO5. The second-order valence-electron chi connectivity index (χ2n) is 5.08. The van der Waals surface area contributed by atoms with E-state index in [2.05, 4.69) is 4.90 Å². The first-order valence-corrected chi connectivity index (χ1v) is 7.75. The van der Waals surface area contributed by atoms with Crippen LogP contribution in [0.1, 0.15) is 33.6 Å². The fourth-order valence-corrected chi connectivity index (χ4v) is 2.47.